The summed E-state index contributed by atoms with van der Waals surface area (Å²) in [5.74, 6) is -0.511. The van der Waals surface area contributed by atoms with Gasteiger partial charge in [0.15, 0.2) is 0 Å². The molecule has 3 aromatic heterocycles. The van der Waals surface area contributed by atoms with Crippen molar-refractivity contribution in [1.82, 2.24) is 15.0 Å². The number of carbonyl (C=O) groups is 1. The summed E-state index contributed by atoms with van der Waals surface area (Å²) in [6, 6.07) is 12.7. The first-order valence-electron chi connectivity index (χ1n) is 10.2. The van der Waals surface area contributed by atoms with Gasteiger partial charge in [-0.05, 0) is 47.5 Å². The van der Waals surface area contributed by atoms with E-state index >= 15 is 0 Å². The van der Waals surface area contributed by atoms with Crippen LogP contribution in [0.3, 0.4) is 0 Å². The Labute approximate surface area is 188 Å². The predicted octanol–water partition coefficient (Wildman–Crippen LogP) is 5.39. The molecule has 0 aliphatic heterocycles. The summed E-state index contributed by atoms with van der Waals surface area (Å²) in [6.45, 7) is 0. The van der Waals surface area contributed by atoms with Crippen LogP contribution in [-0.4, -0.2) is 27.8 Å². The summed E-state index contributed by atoms with van der Waals surface area (Å²) in [4.78, 5) is 25.4. The Morgan fingerprint density at radius 3 is 2.58 bits per heavy atom. The third-order valence-corrected chi connectivity index (χ3v) is 5.34. The second-order valence-corrected chi connectivity index (χ2v) is 7.59. The lowest BCUT2D eigenvalue weighted by Crippen LogP contribution is -2.18. The Kier molecular flexibility index (Phi) is 6.35. The number of pyridine rings is 3. The molecular formula is C25H20F3N3O2. The summed E-state index contributed by atoms with van der Waals surface area (Å²) in [5, 5.41) is 0.725. The highest BCUT2D eigenvalue weighted by atomic mass is 19.4. The zero-order chi connectivity index (χ0) is 23.4. The quantitative estimate of drug-likeness (QED) is 0.377. The Bertz CT molecular complexity index is 1280. The summed E-state index contributed by atoms with van der Waals surface area (Å²) >= 11 is 0. The predicted molar refractivity (Wildman–Crippen MR) is 117 cm³/mol. The molecule has 0 N–H and O–H groups in total. The average Bonchev–Trinajstić information content (AvgIpc) is 2.82. The fourth-order valence-electron chi connectivity index (χ4n) is 3.77. The van der Waals surface area contributed by atoms with Crippen molar-refractivity contribution < 1.29 is 22.7 Å². The van der Waals surface area contributed by atoms with Crippen molar-refractivity contribution in [3.63, 3.8) is 0 Å². The van der Waals surface area contributed by atoms with Gasteiger partial charge in [0.1, 0.15) is 11.5 Å². The van der Waals surface area contributed by atoms with Crippen molar-refractivity contribution in [3.05, 3.63) is 95.7 Å². The molecule has 4 aromatic rings. The molecule has 0 amide bonds. The molecule has 0 aliphatic carbocycles. The van der Waals surface area contributed by atoms with E-state index < -0.39 is 17.7 Å². The maximum atomic E-state index is 13.8. The summed E-state index contributed by atoms with van der Waals surface area (Å²) < 4.78 is 46.6. The normalized spacial score (nSPS) is 12.5. The lowest BCUT2D eigenvalue weighted by molar-refractivity contribution is -0.138. The summed E-state index contributed by atoms with van der Waals surface area (Å²) in [5.41, 5.74) is 0.757. The molecule has 3 heterocycles. The number of ketones is 1. The fourth-order valence-corrected chi connectivity index (χ4v) is 3.77. The van der Waals surface area contributed by atoms with E-state index in [1.165, 1.54) is 18.5 Å². The molecule has 0 saturated carbocycles. The van der Waals surface area contributed by atoms with Crippen LogP contribution in [0.2, 0.25) is 0 Å². The first kappa shape index (κ1) is 22.4. The monoisotopic (exact) mass is 451 g/mol. The molecule has 0 radical (unpaired) electrons. The van der Waals surface area contributed by atoms with Crippen molar-refractivity contribution in [2.75, 3.05) is 7.11 Å². The maximum Gasteiger partial charge on any atom is 0.418 e. The molecule has 0 unspecified atom stereocenters. The number of nitrogens with zero attached hydrogens (tertiary/aromatic N) is 3. The number of halogens is 3. The highest BCUT2D eigenvalue weighted by molar-refractivity contribution is 5.83. The maximum absolute atomic E-state index is 13.8. The second-order valence-electron chi connectivity index (χ2n) is 7.59. The first-order chi connectivity index (χ1) is 15.8. The molecular weight excluding hydrogens is 431 g/mol. The standard InChI is InChI=1S/C25H20F3N3O2/c1-33-20-7-6-17-11-18(15-31-23(17)13-20)21(12-19(32)10-16-4-2-8-29-14-16)24-22(25(26,27)28)5-3-9-30-24/h2-9,11,13-15,21H,10,12H2,1H3/t21-/m0/s1. The van der Waals surface area contributed by atoms with Gasteiger partial charge in [-0.1, -0.05) is 6.07 Å². The van der Waals surface area contributed by atoms with E-state index in [2.05, 4.69) is 15.0 Å². The van der Waals surface area contributed by atoms with Crippen molar-refractivity contribution >= 4 is 16.7 Å². The number of hydrogen-bond donors (Lipinski definition) is 0. The van der Waals surface area contributed by atoms with Crippen LogP contribution in [0, 0.1) is 0 Å². The van der Waals surface area contributed by atoms with Crippen LogP contribution < -0.4 is 4.74 Å². The minimum absolute atomic E-state index is 0.0662. The van der Waals surface area contributed by atoms with Gasteiger partial charge >= 0.3 is 6.18 Å². The molecule has 0 fully saturated rings. The number of fused-ring (bicyclic) bond motifs is 1. The molecule has 4 rings (SSSR count). The van der Waals surface area contributed by atoms with Gasteiger partial charge < -0.3 is 4.74 Å². The van der Waals surface area contributed by atoms with Crippen LogP contribution in [0.25, 0.3) is 10.9 Å². The number of Topliss-reactive ketones (excluding diaryl/α,β-unsaturated/α-hetero) is 1. The van der Waals surface area contributed by atoms with E-state index in [9.17, 15) is 18.0 Å². The highest BCUT2D eigenvalue weighted by Gasteiger charge is 2.37. The number of alkyl halides is 3. The van der Waals surface area contributed by atoms with Crippen LogP contribution in [0.1, 0.15) is 34.7 Å². The fraction of sp³-hybridized carbons (Fsp3) is 0.200. The number of benzene rings is 1. The van der Waals surface area contributed by atoms with Gasteiger partial charge in [-0.2, -0.15) is 13.2 Å². The lowest BCUT2D eigenvalue weighted by atomic mass is 9.87. The van der Waals surface area contributed by atoms with E-state index in [4.69, 9.17) is 4.74 Å². The zero-order valence-electron chi connectivity index (χ0n) is 17.7. The largest absolute Gasteiger partial charge is 0.497 e. The third-order valence-electron chi connectivity index (χ3n) is 5.34. The number of ether oxygens (including phenoxy) is 1. The Morgan fingerprint density at radius 1 is 1.03 bits per heavy atom. The molecule has 1 aromatic carbocycles. The molecule has 1 atom stereocenters. The van der Waals surface area contributed by atoms with Gasteiger partial charge in [0.05, 0.1) is 23.9 Å². The molecule has 0 spiro atoms. The third kappa shape index (κ3) is 5.16. The summed E-state index contributed by atoms with van der Waals surface area (Å²) in [7, 11) is 1.54. The molecule has 33 heavy (non-hydrogen) atoms. The summed E-state index contributed by atoms with van der Waals surface area (Å²) in [6.07, 6.45) is 1.28. The molecule has 0 bridgehead atoms. The number of hydrogen-bond acceptors (Lipinski definition) is 5. The second kappa shape index (κ2) is 9.36. The van der Waals surface area contributed by atoms with Crippen LogP contribution in [0.4, 0.5) is 13.2 Å². The van der Waals surface area contributed by atoms with Crippen molar-refractivity contribution in [2.24, 2.45) is 0 Å². The first-order valence-corrected chi connectivity index (χ1v) is 10.2. The van der Waals surface area contributed by atoms with E-state index in [1.54, 1.807) is 55.9 Å². The van der Waals surface area contributed by atoms with Gasteiger partial charge in [0, 0.05) is 55.0 Å². The van der Waals surface area contributed by atoms with E-state index in [1.807, 2.05) is 0 Å². The number of aromatic nitrogens is 3. The van der Waals surface area contributed by atoms with Crippen molar-refractivity contribution in [3.8, 4) is 5.75 Å². The lowest BCUT2D eigenvalue weighted by Gasteiger charge is -2.21. The van der Waals surface area contributed by atoms with Crippen LogP contribution in [0.5, 0.6) is 5.75 Å². The minimum atomic E-state index is -4.61. The van der Waals surface area contributed by atoms with E-state index in [-0.39, 0.29) is 24.3 Å². The molecule has 0 saturated heterocycles. The van der Waals surface area contributed by atoms with Crippen LogP contribution in [-0.2, 0) is 17.4 Å². The van der Waals surface area contributed by atoms with Gasteiger partial charge in [-0.3, -0.25) is 19.7 Å². The zero-order valence-corrected chi connectivity index (χ0v) is 17.7. The highest BCUT2D eigenvalue weighted by Crippen LogP contribution is 2.38. The van der Waals surface area contributed by atoms with Crippen LogP contribution >= 0.6 is 0 Å². The number of rotatable bonds is 7. The number of carbonyl (C=O) groups excluding carboxylic acids is 1. The Balaban J connectivity index is 1.76. The van der Waals surface area contributed by atoms with Crippen molar-refractivity contribution in [1.29, 1.82) is 0 Å². The molecule has 168 valence electrons. The number of methoxy groups -OCH3 is 1. The van der Waals surface area contributed by atoms with Gasteiger partial charge in [-0.15, -0.1) is 0 Å². The Morgan fingerprint density at radius 2 is 1.85 bits per heavy atom. The van der Waals surface area contributed by atoms with E-state index in [0.717, 1.165) is 11.5 Å². The minimum Gasteiger partial charge on any atom is -0.497 e. The van der Waals surface area contributed by atoms with Gasteiger partial charge in [0.25, 0.3) is 0 Å². The Hall–Kier alpha value is -3.81. The SMILES string of the molecule is COc1ccc2cc([C@H](CC(=O)Cc3cccnc3)c3ncccc3C(F)(F)F)cnc2c1. The molecule has 0 aliphatic rings. The molecule has 5 nitrogen and oxygen atoms in total. The van der Waals surface area contributed by atoms with Crippen LogP contribution in [0.15, 0.2) is 73.3 Å². The average molecular weight is 451 g/mol. The smallest absolute Gasteiger partial charge is 0.418 e. The topological polar surface area (TPSA) is 65.0 Å². The molecule has 8 heteroatoms. The van der Waals surface area contributed by atoms with Gasteiger partial charge in [-0.25, -0.2) is 0 Å². The van der Waals surface area contributed by atoms with Crippen molar-refractivity contribution in [2.45, 2.75) is 24.9 Å². The van der Waals surface area contributed by atoms with Gasteiger partial charge in [0.2, 0.25) is 0 Å². The van der Waals surface area contributed by atoms with E-state index in [0.29, 0.717) is 22.4 Å².